The molecule has 1 fully saturated rings. The van der Waals surface area contributed by atoms with E-state index in [4.69, 9.17) is 4.74 Å². The van der Waals surface area contributed by atoms with Crippen LogP contribution in [0.5, 0.6) is 11.5 Å². The van der Waals surface area contributed by atoms with Gasteiger partial charge in [-0.3, -0.25) is 4.79 Å². The fourth-order valence-electron chi connectivity index (χ4n) is 3.47. The molecule has 1 atom stereocenters. The third kappa shape index (κ3) is 4.71. The van der Waals surface area contributed by atoms with Crippen LogP contribution in [0.1, 0.15) is 18.5 Å². The molecule has 1 saturated heterocycles. The number of anilines is 2. The maximum Gasteiger partial charge on any atom is 0.229 e. The van der Waals surface area contributed by atoms with Gasteiger partial charge in [0.25, 0.3) is 0 Å². The van der Waals surface area contributed by atoms with E-state index in [0.29, 0.717) is 18.0 Å². The largest absolute Gasteiger partial charge is 0.455 e. The zero-order chi connectivity index (χ0) is 20.1. The van der Waals surface area contributed by atoms with Crippen molar-refractivity contribution in [2.45, 2.75) is 19.8 Å². The van der Waals surface area contributed by atoms with E-state index in [9.17, 15) is 4.79 Å². The summed E-state index contributed by atoms with van der Waals surface area (Å²) in [5, 5.41) is 11.5. The Bertz CT molecular complexity index is 960. The molecule has 4 rings (SSSR count). The Morgan fingerprint density at radius 3 is 2.62 bits per heavy atom. The van der Waals surface area contributed by atoms with Crippen LogP contribution in [0.3, 0.4) is 0 Å². The minimum absolute atomic E-state index is 0.00103. The third-order valence-electron chi connectivity index (χ3n) is 5.02. The molecule has 0 spiro atoms. The number of rotatable bonds is 5. The molecule has 1 aliphatic heterocycles. The Morgan fingerprint density at radius 2 is 1.83 bits per heavy atom. The molecule has 1 amide bonds. The fraction of sp³-hybridized carbons (Fsp3) is 0.261. The van der Waals surface area contributed by atoms with Crippen molar-refractivity contribution in [2.75, 3.05) is 23.3 Å². The molecule has 6 heteroatoms. The van der Waals surface area contributed by atoms with Crippen LogP contribution in [0.4, 0.5) is 11.5 Å². The van der Waals surface area contributed by atoms with E-state index in [0.717, 1.165) is 36.6 Å². The maximum atomic E-state index is 13.0. The van der Waals surface area contributed by atoms with Gasteiger partial charge in [0, 0.05) is 13.1 Å². The average molecular weight is 388 g/mol. The number of piperidine rings is 1. The number of para-hydroxylation sites is 3. The maximum absolute atomic E-state index is 13.0. The van der Waals surface area contributed by atoms with Gasteiger partial charge in [-0.1, -0.05) is 30.3 Å². The number of nitrogens with one attached hydrogen (secondary N) is 1. The quantitative estimate of drug-likeness (QED) is 0.700. The van der Waals surface area contributed by atoms with Crippen LogP contribution < -0.4 is 15.0 Å². The number of amides is 1. The van der Waals surface area contributed by atoms with Crippen molar-refractivity contribution in [2.24, 2.45) is 5.92 Å². The van der Waals surface area contributed by atoms with E-state index < -0.39 is 0 Å². The van der Waals surface area contributed by atoms with Gasteiger partial charge in [0.1, 0.15) is 5.75 Å². The fourth-order valence-corrected chi connectivity index (χ4v) is 3.47. The first-order valence-electron chi connectivity index (χ1n) is 9.87. The first-order chi connectivity index (χ1) is 14.2. The number of hydrogen-bond acceptors (Lipinski definition) is 5. The molecule has 1 aromatic heterocycles. The van der Waals surface area contributed by atoms with Crippen LogP contribution in [0, 0.1) is 12.8 Å². The van der Waals surface area contributed by atoms with Crippen LogP contribution in [-0.4, -0.2) is 29.2 Å². The van der Waals surface area contributed by atoms with E-state index in [1.807, 2.05) is 73.7 Å². The second-order valence-electron chi connectivity index (χ2n) is 7.22. The van der Waals surface area contributed by atoms with E-state index >= 15 is 0 Å². The Morgan fingerprint density at radius 1 is 1.03 bits per heavy atom. The van der Waals surface area contributed by atoms with Gasteiger partial charge >= 0.3 is 0 Å². The van der Waals surface area contributed by atoms with E-state index in [-0.39, 0.29) is 11.8 Å². The molecular weight excluding hydrogens is 364 g/mol. The molecule has 0 bridgehead atoms. The lowest BCUT2D eigenvalue weighted by molar-refractivity contribution is -0.120. The standard InChI is InChI=1S/C23H24N4O2/c1-17-13-14-22(26-25-17)27-15-7-8-18(16-27)23(28)24-20-11-5-6-12-21(20)29-19-9-3-2-4-10-19/h2-6,9-14,18H,7-8,15-16H2,1H3,(H,24,28). The molecule has 148 valence electrons. The summed E-state index contributed by atoms with van der Waals surface area (Å²) in [6.07, 6.45) is 1.79. The highest BCUT2D eigenvalue weighted by atomic mass is 16.5. The molecule has 0 aliphatic carbocycles. The number of aryl methyl sites for hydroxylation is 1. The summed E-state index contributed by atoms with van der Waals surface area (Å²) >= 11 is 0. The molecule has 2 heterocycles. The van der Waals surface area contributed by atoms with Crippen molar-refractivity contribution in [3.05, 3.63) is 72.4 Å². The summed E-state index contributed by atoms with van der Waals surface area (Å²) < 4.78 is 5.96. The molecule has 2 aromatic carbocycles. The smallest absolute Gasteiger partial charge is 0.229 e. The minimum atomic E-state index is -0.114. The van der Waals surface area contributed by atoms with E-state index in [1.165, 1.54) is 0 Å². The average Bonchev–Trinajstić information content (AvgIpc) is 2.76. The van der Waals surface area contributed by atoms with Gasteiger partial charge < -0.3 is 15.0 Å². The molecule has 0 radical (unpaired) electrons. The monoisotopic (exact) mass is 388 g/mol. The Kier molecular flexibility index (Phi) is 5.70. The summed E-state index contributed by atoms with van der Waals surface area (Å²) in [4.78, 5) is 15.1. The Hall–Kier alpha value is -3.41. The number of benzene rings is 2. The number of nitrogens with zero attached hydrogens (tertiary/aromatic N) is 3. The van der Waals surface area contributed by atoms with Crippen molar-refractivity contribution in [1.29, 1.82) is 0 Å². The van der Waals surface area contributed by atoms with Crippen LogP contribution >= 0.6 is 0 Å². The number of ether oxygens (including phenoxy) is 1. The molecule has 6 nitrogen and oxygen atoms in total. The SMILES string of the molecule is Cc1ccc(N2CCCC(C(=O)Nc3ccccc3Oc3ccccc3)C2)nn1. The highest BCUT2D eigenvalue weighted by Gasteiger charge is 2.27. The highest BCUT2D eigenvalue weighted by Crippen LogP contribution is 2.30. The molecule has 3 aromatic rings. The molecule has 1 unspecified atom stereocenters. The molecule has 1 N–H and O–H groups in total. The summed E-state index contributed by atoms with van der Waals surface area (Å²) in [6, 6.07) is 21.0. The zero-order valence-corrected chi connectivity index (χ0v) is 16.4. The van der Waals surface area contributed by atoms with Crippen LogP contribution in [-0.2, 0) is 4.79 Å². The summed E-state index contributed by atoms with van der Waals surface area (Å²) in [7, 11) is 0. The number of carbonyl (C=O) groups excluding carboxylic acids is 1. The number of aromatic nitrogens is 2. The first-order valence-corrected chi connectivity index (χ1v) is 9.87. The lowest BCUT2D eigenvalue weighted by Gasteiger charge is -2.32. The van der Waals surface area contributed by atoms with Crippen molar-refractivity contribution in [1.82, 2.24) is 10.2 Å². The van der Waals surface area contributed by atoms with Gasteiger partial charge in [-0.25, -0.2) is 0 Å². The van der Waals surface area contributed by atoms with Gasteiger partial charge in [-0.05, 0) is 56.2 Å². The molecule has 1 aliphatic rings. The molecule has 0 saturated carbocycles. The van der Waals surface area contributed by atoms with Gasteiger partial charge in [0.2, 0.25) is 5.91 Å². The summed E-state index contributed by atoms with van der Waals surface area (Å²) in [5.74, 6) is 2.07. The van der Waals surface area contributed by atoms with Crippen molar-refractivity contribution in [3.8, 4) is 11.5 Å². The minimum Gasteiger partial charge on any atom is -0.455 e. The van der Waals surface area contributed by atoms with Crippen LogP contribution in [0.2, 0.25) is 0 Å². The van der Waals surface area contributed by atoms with Gasteiger partial charge in [0.05, 0.1) is 17.3 Å². The highest BCUT2D eigenvalue weighted by molar-refractivity contribution is 5.94. The van der Waals surface area contributed by atoms with Crippen molar-refractivity contribution < 1.29 is 9.53 Å². The van der Waals surface area contributed by atoms with E-state index in [1.54, 1.807) is 0 Å². The van der Waals surface area contributed by atoms with Gasteiger partial charge in [-0.2, -0.15) is 5.10 Å². The molecular formula is C23H24N4O2. The number of carbonyl (C=O) groups is 1. The van der Waals surface area contributed by atoms with Crippen molar-refractivity contribution >= 4 is 17.4 Å². The van der Waals surface area contributed by atoms with Gasteiger partial charge in [-0.15, -0.1) is 5.10 Å². The number of hydrogen-bond donors (Lipinski definition) is 1. The summed E-state index contributed by atoms with van der Waals surface area (Å²) in [5.41, 5.74) is 1.56. The predicted octanol–water partition coefficient (Wildman–Crippen LogP) is 4.43. The summed E-state index contributed by atoms with van der Waals surface area (Å²) in [6.45, 7) is 3.43. The second kappa shape index (κ2) is 8.73. The van der Waals surface area contributed by atoms with E-state index in [2.05, 4.69) is 20.4 Å². The molecule has 29 heavy (non-hydrogen) atoms. The predicted molar refractivity (Wildman–Crippen MR) is 113 cm³/mol. The normalized spacial score (nSPS) is 16.3. The Labute approximate surface area is 170 Å². The Balaban J connectivity index is 1.44. The topological polar surface area (TPSA) is 67.4 Å². The lowest BCUT2D eigenvalue weighted by atomic mass is 9.97. The van der Waals surface area contributed by atoms with Crippen LogP contribution in [0.15, 0.2) is 66.7 Å². The van der Waals surface area contributed by atoms with Crippen molar-refractivity contribution in [3.63, 3.8) is 0 Å². The third-order valence-corrected chi connectivity index (χ3v) is 5.02. The van der Waals surface area contributed by atoms with Gasteiger partial charge in [0.15, 0.2) is 11.6 Å². The first kappa shape index (κ1) is 18.9. The second-order valence-corrected chi connectivity index (χ2v) is 7.22. The van der Waals surface area contributed by atoms with Crippen LogP contribution in [0.25, 0.3) is 0 Å². The lowest BCUT2D eigenvalue weighted by Crippen LogP contribution is -2.41. The zero-order valence-electron chi connectivity index (χ0n) is 16.4.